The molecule has 1 aliphatic carbocycles. The van der Waals surface area contributed by atoms with Crippen LogP contribution in [0.2, 0.25) is 0 Å². The fourth-order valence-corrected chi connectivity index (χ4v) is 4.19. The second-order valence-corrected chi connectivity index (χ2v) is 8.89. The molecule has 27 heavy (non-hydrogen) atoms. The average molecular weight is 375 g/mol. The molecular formula is C19H29N5O3. The Labute approximate surface area is 159 Å². The molecule has 1 saturated heterocycles. The number of urea groups is 1. The van der Waals surface area contributed by atoms with Crippen LogP contribution in [0.5, 0.6) is 0 Å². The van der Waals surface area contributed by atoms with E-state index in [1.165, 1.54) is 0 Å². The molecule has 2 fully saturated rings. The first kappa shape index (κ1) is 19.4. The van der Waals surface area contributed by atoms with Gasteiger partial charge in [-0.1, -0.05) is 20.8 Å². The summed E-state index contributed by atoms with van der Waals surface area (Å²) in [7, 11) is 1.72. The molecule has 2 heterocycles. The van der Waals surface area contributed by atoms with Crippen LogP contribution in [0.25, 0.3) is 0 Å². The number of imide groups is 1. The predicted octanol–water partition coefficient (Wildman–Crippen LogP) is 2.19. The Balaban J connectivity index is 1.64. The van der Waals surface area contributed by atoms with Crippen molar-refractivity contribution < 1.29 is 14.4 Å². The lowest BCUT2D eigenvalue weighted by Gasteiger charge is -2.40. The Bertz CT molecular complexity index is 769. The van der Waals surface area contributed by atoms with E-state index in [1.54, 1.807) is 17.8 Å². The minimum atomic E-state index is -0.845. The molecule has 2 N–H and O–H groups in total. The normalized spacial score (nSPS) is 25.8. The van der Waals surface area contributed by atoms with Crippen LogP contribution in [-0.2, 0) is 16.6 Å². The smallest absolute Gasteiger partial charge is 0.323 e. The maximum atomic E-state index is 13.0. The van der Waals surface area contributed by atoms with Crippen LogP contribution in [-0.4, -0.2) is 44.6 Å². The molecule has 0 aromatic carbocycles. The summed E-state index contributed by atoms with van der Waals surface area (Å²) in [6, 6.07) is 1.25. The molecule has 1 spiro atoms. The number of carbonyl (C=O) groups excluding carboxylic acids is 3. The third-order valence-electron chi connectivity index (χ3n) is 5.88. The Hall–Kier alpha value is -2.38. The molecule has 0 atom stereocenters. The lowest BCUT2D eigenvalue weighted by Crippen LogP contribution is -2.51. The van der Waals surface area contributed by atoms with E-state index < -0.39 is 17.5 Å². The molecule has 1 aromatic heterocycles. The van der Waals surface area contributed by atoms with Gasteiger partial charge in [-0.2, -0.15) is 5.10 Å². The SMILES string of the molecule is Cc1cc(NC(=O)CN2C(=O)NC3(CCC(C(C)(C)C)CC3)C2=O)n(C)n1. The fourth-order valence-electron chi connectivity index (χ4n) is 4.19. The van der Waals surface area contributed by atoms with Gasteiger partial charge in [0.05, 0.1) is 5.69 Å². The highest BCUT2D eigenvalue weighted by Gasteiger charge is 2.53. The first-order chi connectivity index (χ1) is 12.5. The summed E-state index contributed by atoms with van der Waals surface area (Å²) in [4.78, 5) is 38.7. The van der Waals surface area contributed by atoms with Crippen molar-refractivity contribution in [3.8, 4) is 0 Å². The largest absolute Gasteiger partial charge is 0.325 e. The minimum absolute atomic E-state index is 0.189. The quantitative estimate of drug-likeness (QED) is 0.792. The molecule has 0 unspecified atom stereocenters. The first-order valence-corrected chi connectivity index (χ1v) is 9.46. The van der Waals surface area contributed by atoms with Crippen LogP contribution in [0.1, 0.15) is 52.1 Å². The number of amides is 4. The summed E-state index contributed by atoms with van der Waals surface area (Å²) in [5.74, 6) is 0.362. The van der Waals surface area contributed by atoms with Gasteiger partial charge in [0.1, 0.15) is 17.9 Å². The molecule has 2 aliphatic rings. The van der Waals surface area contributed by atoms with Gasteiger partial charge in [-0.15, -0.1) is 0 Å². The highest BCUT2D eigenvalue weighted by Crippen LogP contribution is 2.43. The Morgan fingerprint density at radius 3 is 2.48 bits per heavy atom. The van der Waals surface area contributed by atoms with Crippen LogP contribution in [0, 0.1) is 18.3 Å². The zero-order valence-corrected chi connectivity index (χ0v) is 16.8. The molecule has 0 radical (unpaired) electrons. The highest BCUT2D eigenvalue weighted by molar-refractivity contribution is 6.10. The van der Waals surface area contributed by atoms with E-state index in [2.05, 4.69) is 36.5 Å². The number of hydrogen-bond donors (Lipinski definition) is 2. The second-order valence-electron chi connectivity index (χ2n) is 8.89. The van der Waals surface area contributed by atoms with Crippen LogP contribution >= 0.6 is 0 Å². The maximum absolute atomic E-state index is 13.0. The summed E-state index contributed by atoms with van der Waals surface area (Å²) >= 11 is 0. The van der Waals surface area contributed by atoms with Crippen molar-refractivity contribution >= 4 is 23.7 Å². The van der Waals surface area contributed by atoms with E-state index in [9.17, 15) is 14.4 Å². The first-order valence-electron chi connectivity index (χ1n) is 9.46. The molecular weight excluding hydrogens is 346 g/mol. The number of anilines is 1. The number of nitrogens with zero attached hydrogens (tertiary/aromatic N) is 3. The van der Waals surface area contributed by atoms with E-state index in [0.29, 0.717) is 24.6 Å². The highest BCUT2D eigenvalue weighted by atomic mass is 16.2. The van der Waals surface area contributed by atoms with Crippen molar-refractivity contribution in [1.29, 1.82) is 0 Å². The third-order valence-corrected chi connectivity index (χ3v) is 5.88. The Kier molecular flexibility index (Phi) is 4.78. The molecule has 1 saturated carbocycles. The molecule has 8 heteroatoms. The van der Waals surface area contributed by atoms with Gasteiger partial charge in [-0.25, -0.2) is 4.79 Å². The van der Waals surface area contributed by atoms with E-state index in [-0.39, 0.29) is 17.9 Å². The zero-order chi connectivity index (χ0) is 20.0. The van der Waals surface area contributed by atoms with Gasteiger partial charge in [0.25, 0.3) is 5.91 Å². The van der Waals surface area contributed by atoms with Gasteiger partial charge >= 0.3 is 6.03 Å². The third kappa shape index (κ3) is 3.70. The van der Waals surface area contributed by atoms with Crippen LogP contribution in [0.4, 0.5) is 10.6 Å². The van der Waals surface area contributed by atoms with Crippen molar-refractivity contribution in [2.24, 2.45) is 18.4 Å². The average Bonchev–Trinajstić information content (AvgIpc) is 2.98. The van der Waals surface area contributed by atoms with Gasteiger partial charge in [0.2, 0.25) is 5.91 Å². The van der Waals surface area contributed by atoms with Crippen molar-refractivity contribution in [2.45, 2.75) is 58.9 Å². The maximum Gasteiger partial charge on any atom is 0.325 e. The summed E-state index contributed by atoms with van der Waals surface area (Å²) in [5.41, 5.74) is 0.119. The molecule has 0 bridgehead atoms. The fraction of sp³-hybridized carbons (Fsp3) is 0.684. The van der Waals surface area contributed by atoms with Gasteiger partial charge in [-0.05, 0) is 43.9 Å². The summed E-state index contributed by atoms with van der Waals surface area (Å²) < 4.78 is 1.55. The van der Waals surface area contributed by atoms with Crippen molar-refractivity contribution in [2.75, 3.05) is 11.9 Å². The molecule has 1 aliphatic heterocycles. The standard InChI is InChI=1S/C19H29N5O3/c1-12-10-14(23(5)22-12)20-15(25)11-24-16(26)19(21-17(24)27)8-6-13(7-9-19)18(2,3)4/h10,13H,6-9,11H2,1-5H3,(H,20,25)(H,21,27). The van der Waals surface area contributed by atoms with E-state index in [1.807, 2.05) is 6.92 Å². The Morgan fingerprint density at radius 2 is 1.96 bits per heavy atom. The number of aromatic nitrogens is 2. The summed E-state index contributed by atoms with van der Waals surface area (Å²) in [6.07, 6.45) is 3.03. The Morgan fingerprint density at radius 1 is 1.33 bits per heavy atom. The number of hydrogen-bond acceptors (Lipinski definition) is 4. The number of aryl methyl sites for hydroxylation is 2. The van der Waals surface area contributed by atoms with Crippen molar-refractivity contribution in [3.05, 3.63) is 11.8 Å². The molecule has 1 aromatic rings. The van der Waals surface area contributed by atoms with E-state index in [4.69, 9.17) is 0 Å². The van der Waals surface area contributed by atoms with Gasteiger partial charge < -0.3 is 10.6 Å². The number of carbonyl (C=O) groups is 3. The van der Waals surface area contributed by atoms with E-state index in [0.717, 1.165) is 23.4 Å². The minimum Gasteiger partial charge on any atom is -0.323 e. The van der Waals surface area contributed by atoms with Gasteiger partial charge in [-0.3, -0.25) is 19.2 Å². The summed E-state index contributed by atoms with van der Waals surface area (Å²) in [5, 5.41) is 9.73. The molecule has 4 amide bonds. The topological polar surface area (TPSA) is 96.3 Å². The summed E-state index contributed by atoms with van der Waals surface area (Å²) in [6.45, 7) is 8.16. The molecule has 3 rings (SSSR count). The van der Waals surface area contributed by atoms with Crippen LogP contribution in [0.3, 0.4) is 0 Å². The predicted molar refractivity (Wildman–Crippen MR) is 101 cm³/mol. The van der Waals surface area contributed by atoms with Gasteiger partial charge in [0, 0.05) is 13.1 Å². The van der Waals surface area contributed by atoms with Gasteiger partial charge in [0.15, 0.2) is 0 Å². The monoisotopic (exact) mass is 375 g/mol. The zero-order valence-electron chi connectivity index (χ0n) is 16.8. The van der Waals surface area contributed by atoms with Crippen LogP contribution in [0.15, 0.2) is 6.07 Å². The number of nitrogens with one attached hydrogen (secondary N) is 2. The van der Waals surface area contributed by atoms with Crippen molar-refractivity contribution in [3.63, 3.8) is 0 Å². The second kappa shape index (κ2) is 6.65. The molecule has 148 valence electrons. The lowest BCUT2D eigenvalue weighted by molar-refractivity contribution is -0.135. The van der Waals surface area contributed by atoms with Crippen LogP contribution < -0.4 is 10.6 Å². The van der Waals surface area contributed by atoms with Crippen molar-refractivity contribution in [1.82, 2.24) is 20.0 Å². The molecule has 8 nitrogen and oxygen atoms in total. The lowest BCUT2D eigenvalue weighted by atomic mass is 9.67. The number of rotatable bonds is 3. The van der Waals surface area contributed by atoms with E-state index >= 15 is 0 Å².